The molecular weight excluding hydrogens is 118 g/mol. The Hall–Kier alpha value is -1.32. The second-order valence-electron chi connectivity index (χ2n) is 1.53. The van der Waals surface area contributed by atoms with E-state index in [1.54, 1.807) is 23.6 Å². The second-order valence-corrected chi connectivity index (χ2v) is 1.53. The molecule has 1 aliphatic rings. The van der Waals surface area contributed by atoms with Gasteiger partial charge in [-0.3, -0.25) is 20.2 Å². The van der Waals surface area contributed by atoms with Gasteiger partial charge in [0.05, 0.1) is 6.54 Å². The van der Waals surface area contributed by atoms with Crippen LogP contribution in [0.1, 0.15) is 0 Å². The van der Waals surface area contributed by atoms with Crippen molar-refractivity contribution in [3.05, 3.63) is 12.4 Å². The van der Waals surface area contributed by atoms with Crippen LogP contribution in [-0.2, 0) is 4.79 Å². The van der Waals surface area contributed by atoms with E-state index in [1.165, 1.54) is 0 Å². The second kappa shape index (κ2) is 2.86. The largest absolute Gasteiger partial charge is 0.286 e. The maximum absolute atomic E-state index is 9.84. The fraction of sp³-hybridized carbons (Fsp3) is 0.200. The first-order chi connectivity index (χ1) is 4.43. The summed E-state index contributed by atoms with van der Waals surface area (Å²) in [5.41, 5.74) is 2.46. The molecule has 0 aliphatic carbocycles. The van der Waals surface area contributed by atoms with Crippen LogP contribution in [0.2, 0.25) is 0 Å². The highest BCUT2D eigenvalue weighted by Gasteiger charge is 1.94. The van der Waals surface area contributed by atoms with Gasteiger partial charge in [-0.15, -0.1) is 0 Å². The molecule has 0 aromatic carbocycles. The molecule has 1 rings (SSSR count). The molecule has 4 heteroatoms. The molecule has 4 nitrogen and oxygen atoms in total. The summed E-state index contributed by atoms with van der Waals surface area (Å²) in [6, 6.07) is 0. The van der Waals surface area contributed by atoms with Crippen LogP contribution in [0.5, 0.6) is 0 Å². The van der Waals surface area contributed by atoms with Crippen LogP contribution < -0.4 is 5.43 Å². The van der Waals surface area contributed by atoms with Crippen molar-refractivity contribution in [2.45, 2.75) is 0 Å². The monoisotopic (exact) mass is 125 g/mol. The lowest BCUT2D eigenvalue weighted by atomic mass is 10.6. The summed E-state index contributed by atoms with van der Waals surface area (Å²) in [5.74, 6) is 0. The summed E-state index contributed by atoms with van der Waals surface area (Å²) in [6.45, 7) is 0.634. The normalized spacial score (nSPS) is 15.8. The number of hydrogen-bond donors (Lipinski definition) is 1. The van der Waals surface area contributed by atoms with Crippen LogP contribution in [0.25, 0.3) is 0 Å². The molecule has 0 aromatic heterocycles. The van der Waals surface area contributed by atoms with E-state index in [9.17, 15) is 4.79 Å². The first kappa shape index (κ1) is 5.81. The van der Waals surface area contributed by atoms with Gasteiger partial charge >= 0.3 is 0 Å². The number of carbonyl (C=O) groups excluding carboxylic acids is 1. The molecule has 0 atom stereocenters. The van der Waals surface area contributed by atoms with Crippen LogP contribution in [-0.4, -0.2) is 24.2 Å². The zero-order chi connectivity index (χ0) is 6.53. The van der Waals surface area contributed by atoms with Crippen LogP contribution in [0.3, 0.4) is 0 Å². The third-order valence-electron chi connectivity index (χ3n) is 0.935. The lowest BCUT2D eigenvalue weighted by Gasteiger charge is -2.16. The lowest BCUT2D eigenvalue weighted by Crippen LogP contribution is -2.34. The molecule has 0 spiro atoms. The third kappa shape index (κ3) is 1.56. The van der Waals surface area contributed by atoms with Crippen molar-refractivity contribution in [1.82, 2.24) is 10.4 Å². The maximum Gasteiger partial charge on any atom is 0.225 e. The Labute approximate surface area is 52.8 Å². The molecule has 9 heavy (non-hydrogen) atoms. The molecule has 1 N–H and O–H groups in total. The first-order valence-corrected chi connectivity index (χ1v) is 2.58. The smallest absolute Gasteiger partial charge is 0.225 e. The SMILES string of the molecule is O=CNN1C=CN=CC1. The van der Waals surface area contributed by atoms with Crippen LogP contribution in [0.4, 0.5) is 0 Å². The molecular formula is C5H7N3O. The molecule has 48 valence electrons. The van der Waals surface area contributed by atoms with Crippen molar-refractivity contribution in [2.75, 3.05) is 6.54 Å². The van der Waals surface area contributed by atoms with E-state index >= 15 is 0 Å². The molecule has 1 amide bonds. The maximum atomic E-state index is 9.84. The van der Waals surface area contributed by atoms with Crippen LogP contribution in [0, 0.1) is 0 Å². The zero-order valence-electron chi connectivity index (χ0n) is 4.82. The summed E-state index contributed by atoms with van der Waals surface area (Å²) < 4.78 is 0. The Kier molecular flexibility index (Phi) is 1.85. The molecule has 0 unspecified atom stereocenters. The van der Waals surface area contributed by atoms with Crippen molar-refractivity contribution in [2.24, 2.45) is 4.99 Å². The predicted molar refractivity (Wildman–Crippen MR) is 33.5 cm³/mol. The quantitative estimate of drug-likeness (QED) is 0.506. The molecule has 0 radical (unpaired) electrons. The van der Waals surface area contributed by atoms with Gasteiger partial charge in [0.2, 0.25) is 6.41 Å². The van der Waals surface area contributed by atoms with E-state index in [4.69, 9.17) is 0 Å². The highest BCUT2D eigenvalue weighted by atomic mass is 16.1. The molecule has 0 aromatic rings. The minimum Gasteiger partial charge on any atom is -0.286 e. The zero-order valence-corrected chi connectivity index (χ0v) is 4.82. The van der Waals surface area contributed by atoms with Gasteiger partial charge in [0.15, 0.2) is 0 Å². The number of carbonyl (C=O) groups is 1. The number of hydrazine groups is 1. The van der Waals surface area contributed by atoms with Crippen molar-refractivity contribution >= 4 is 12.6 Å². The van der Waals surface area contributed by atoms with Gasteiger partial charge in [-0.2, -0.15) is 0 Å². The van der Waals surface area contributed by atoms with E-state index < -0.39 is 0 Å². The highest BCUT2D eigenvalue weighted by molar-refractivity contribution is 5.62. The average molecular weight is 125 g/mol. The standard InChI is InChI=1S/C5H7N3O/c9-5-7-8-3-1-6-2-4-8/h1-3,5H,4H2,(H,7,9). The number of hydrogen-bond acceptors (Lipinski definition) is 3. The van der Waals surface area contributed by atoms with Crippen molar-refractivity contribution in [3.8, 4) is 0 Å². The van der Waals surface area contributed by atoms with Gasteiger partial charge < -0.3 is 0 Å². The summed E-state index contributed by atoms with van der Waals surface area (Å²) >= 11 is 0. The lowest BCUT2D eigenvalue weighted by molar-refractivity contribution is -0.112. The molecule has 0 saturated carbocycles. The van der Waals surface area contributed by atoms with Gasteiger partial charge in [0.1, 0.15) is 0 Å². The highest BCUT2D eigenvalue weighted by Crippen LogP contribution is 1.87. The summed E-state index contributed by atoms with van der Waals surface area (Å²) in [7, 11) is 0. The Morgan fingerprint density at radius 3 is 3.22 bits per heavy atom. The van der Waals surface area contributed by atoms with E-state index in [1.807, 2.05) is 0 Å². The van der Waals surface area contributed by atoms with E-state index in [0.29, 0.717) is 13.0 Å². The summed E-state index contributed by atoms with van der Waals surface area (Å²) in [6.07, 6.45) is 5.63. The van der Waals surface area contributed by atoms with Crippen molar-refractivity contribution in [3.63, 3.8) is 0 Å². The van der Waals surface area contributed by atoms with Gasteiger partial charge in [-0.1, -0.05) is 0 Å². The van der Waals surface area contributed by atoms with Gasteiger partial charge in [0.25, 0.3) is 0 Å². The number of aliphatic imine (C=N–C) groups is 1. The van der Waals surface area contributed by atoms with Gasteiger partial charge in [-0.05, 0) is 0 Å². The number of nitrogens with one attached hydrogen (secondary N) is 1. The topological polar surface area (TPSA) is 44.7 Å². The Bertz CT molecular complexity index is 150. The minimum atomic E-state index is 0.628. The molecule has 0 fully saturated rings. The summed E-state index contributed by atoms with van der Waals surface area (Å²) in [4.78, 5) is 13.6. The predicted octanol–water partition coefficient (Wildman–Crippen LogP) is -0.495. The Morgan fingerprint density at radius 2 is 2.67 bits per heavy atom. The molecule has 1 heterocycles. The van der Waals surface area contributed by atoms with Gasteiger partial charge in [0, 0.05) is 18.6 Å². The van der Waals surface area contributed by atoms with Gasteiger partial charge in [-0.25, -0.2) is 0 Å². The fourth-order valence-electron chi connectivity index (χ4n) is 0.539. The first-order valence-electron chi connectivity index (χ1n) is 2.58. The Balaban J connectivity index is 2.36. The number of nitrogens with zero attached hydrogens (tertiary/aromatic N) is 2. The third-order valence-corrected chi connectivity index (χ3v) is 0.935. The van der Waals surface area contributed by atoms with E-state index in [2.05, 4.69) is 10.4 Å². The molecule has 1 aliphatic heterocycles. The number of rotatable bonds is 2. The average Bonchev–Trinajstić information content (AvgIpc) is 1.91. The molecule has 0 saturated heterocycles. The Morgan fingerprint density at radius 1 is 1.78 bits per heavy atom. The minimum absolute atomic E-state index is 0.628. The van der Waals surface area contributed by atoms with E-state index in [-0.39, 0.29) is 0 Å². The van der Waals surface area contributed by atoms with Crippen LogP contribution in [0.15, 0.2) is 17.4 Å². The fourth-order valence-corrected chi connectivity index (χ4v) is 0.539. The molecule has 0 bridgehead atoms. The summed E-state index contributed by atoms with van der Waals surface area (Å²) in [5, 5.41) is 1.62. The van der Waals surface area contributed by atoms with Crippen molar-refractivity contribution in [1.29, 1.82) is 0 Å². The van der Waals surface area contributed by atoms with E-state index in [0.717, 1.165) is 0 Å². The van der Waals surface area contributed by atoms with Crippen molar-refractivity contribution < 1.29 is 4.79 Å². The number of amides is 1. The van der Waals surface area contributed by atoms with Crippen LogP contribution >= 0.6 is 0 Å².